The third kappa shape index (κ3) is 4.90. The molecule has 1 unspecified atom stereocenters. The summed E-state index contributed by atoms with van der Waals surface area (Å²) in [6, 6.07) is 24.6. The molecule has 0 bridgehead atoms. The molecule has 32 heavy (non-hydrogen) atoms. The van der Waals surface area contributed by atoms with Crippen LogP contribution in [-0.2, 0) is 0 Å². The van der Waals surface area contributed by atoms with Crippen molar-refractivity contribution in [1.29, 1.82) is 0 Å². The lowest BCUT2D eigenvalue weighted by molar-refractivity contribution is 0.104. The summed E-state index contributed by atoms with van der Waals surface area (Å²) in [4.78, 5) is 13.5. The Hall–Kier alpha value is -3.41. The Morgan fingerprint density at radius 1 is 0.938 bits per heavy atom. The summed E-state index contributed by atoms with van der Waals surface area (Å²) in [5, 5.41) is 13.8. The SMILES string of the molecule is CC(C)NCC(O)COc1ccc2c(=O)c(-c3ccccc3)c(-c3ccccc3)oc2c1. The summed E-state index contributed by atoms with van der Waals surface area (Å²) in [6.45, 7) is 4.63. The van der Waals surface area contributed by atoms with Crippen molar-refractivity contribution in [3.05, 3.63) is 89.1 Å². The Balaban J connectivity index is 1.73. The fourth-order valence-electron chi connectivity index (χ4n) is 3.55. The minimum absolute atomic E-state index is 0.0935. The molecule has 1 atom stereocenters. The molecule has 0 saturated heterocycles. The number of benzene rings is 3. The quantitative estimate of drug-likeness (QED) is 0.418. The Kier molecular flexibility index (Phi) is 6.69. The van der Waals surface area contributed by atoms with Crippen LogP contribution in [-0.4, -0.2) is 30.4 Å². The van der Waals surface area contributed by atoms with Crippen LogP contribution in [0.15, 0.2) is 88.1 Å². The van der Waals surface area contributed by atoms with Gasteiger partial charge in [-0.05, 0) is 17.7 Å². The highest BCUT2D eigenvalue weighted by Gasteiger charge is 2.18. The minimum Gasteiger partial charge on any atom is -0.491 e. The summed E-state index contributed by atoms with van der Waals surface area (Å²) in [5.41, 5.74) is 2.52. The lowest BCUT2D eigenvalue weighted by Crippen LogP contribution is -2.35. The zero-order valence-corrected chi connectivity index (χ0v) is 18.2. The van der Waals surface area contributed by atoms with Crippen LogP contribution in [0.1, 0.15) is 13.8 Å². The third-order valence-corrected chi connectivity index (χ3v) is 5.17. The molecule has 0 aliphatic heterocycles. The van der Waals surface area contributed by atoms with Gasteiger partial charge in [-0.1, -0.05) is 74.5 Å². The van der Waals surface area contributed by atoms with Gasteiger partial charge in [0.05, 0.1) is 10.9 Å². The minimum atomic E-state index is -0.638. The second-order valence-electron chi connectivity index (χ2n) is 8.05. The van der Waals surface area contributed by atoms with E-state index in [0.29, 0.717) is 34.6 Å². The Bertz CT molecular complexity index is 1230. The maximum atomic E-state index is 13.5. The topological polar surface area (TPSA) is 71.7 Å². The van der Waals surface area contributed by atoms with E-state index in [1.165, 1.54) is 0 Å². The van der Waals surface area contributed by atoms with Gasteiger partial charge in [-0.25, -0.2) is 0 Å². The van der Waals surface area contributed by atoms with Crippen LogP contribution in [0.5, 0.6) is 5.75 Å². The van der Waals surface area contributed by atoms with E-state index < -0.39 is 6.10 Å². The first kappa shape index (κ1) is 21.8. The lowest BCUT2D eigenvalue weighted by atomic mass is 9.98. The van der Waals surface area contributed by atoms with Crippen molar-refractivity contribution < 1.29 is 14.3 Å². The summed E-state index contributed by atoms with van der Waals surface area (Å²) in [7, 11) is 0. The van der Waals surface area contributed by atoms with Crippen LogP contribution in [0.3, 0.4) is 0 Å². The van der Waals surface area contributed by atoms with Gasteiger partial charge in [0, 0.05) is 24.2 Å². The number of rotatable bonds is 8. The number of hydrogen-bond acceptors (Lipinski definition) is 5. The maximum absolute atomic E-state index is 13.5. The molecule has 5 heteroatoms. The predicted octanol–water partition coefficient (Wildman–Crippen LogP) is 4.86. The van der Waals surface area contributed by atoms with Crippen LogP contribution < -0.4 is 15.5 Å². The van der Waals surface area contributed by atoms with Crippen molar-refractivity contribution in [1.82, 2.24) is 5.32 Å². The molecular weight excluding hydrogens is 402 g/mol. The zero-order chi connectivity index (χ0) is 22.5. The predicted molar refractivity (Wildman–Crippen MR) is 128 cm³/mol. The van der Waals surface area contributed by atoms with Gasteiger partial charge in [0.2, 0.25) is 5.43 Å². The largest absolute Gasteiger partial charge is 0.491 e. The molecule has 1 heterocycles. The lowest BCUT2D eigenvalue weighted by Gasteiger charge is -2.15. The molecular formula is C27H27NO4. The fraction of sp³-hybridized carbons (Fsp3) is 0.222. The molecule has 4 rings (SSSR count). The van der Waals surface area contributed by atoms with Gasteiger partial charge in [0.25, 0.3) is 0 Å². The van der Waals surface area contributed by atoms with E-state index in [1.807, 2.05) is 74.5 Å². The molecule has 0 aliphatic rings. The van der Waals surface area contributed by atoms with E-state index in [0.717, 1.165) is 11.1 Å². The van der Waals surface area contributed by atoms with E-state index >= 15 is 0 Å². The molecule has 0 saturated carbocycles. The van der Waals surface area contributed by atoms with Gasteiger partial charge >= 0.3 is 0 Å². The van der Waals surface area contributed by atoms with Crippen LogP contribution in [0, 0.1) is 0 Å². The highest BCUT2D eigenvalue weighted by Crippen LogP contribution is 2.33. The maximum Gasteiger partial charge on any atom is 0.201 e. The van der Waals surface area contributed by atoms with Gasteiger partial charge in [0.15, 0.2) is 0 Å². The normalized spacial score (nSPS) is 12.2. The van der Waals surface area contributed by atoms with Crippen LogP contribution >= 0.6 is 0 Å². The monoisotopic (exact) mass is 429 g/mol. The van der Waals surface area contributed by atoms with Gasteiger partial charge < -0.3 is 19.6 Å². The van der Waals surface area contributed by atoms with Gasteiger partial charge in [-0.15, -0.1) is 0 Å². The van der Waals surface area contributed by atoms with Crippen LogP contribution in [0.2, 0.25) is 0 Å². The summed E-state index contributed by atoms with van der Waals surface area (Å²) in [5.74, 6) is 1.06. The van der Waals surface area contributed by atoms with Crippen molar-refractivity contribution in [3.8, 4) is 28.2 Å². The molecule has 0 fully saturated rings. The molecule has 2 N–H and O–H groups in total. The van der Waals surface area contributed by atoms with Crippen LogP contribution in [0.4, 0.5) is 0 Å². The zero-order valence-electron chi connectivity index (χ0n) is 18.2. The summed E-state index contributed by atoms with van der Waals surface area (Å²) < 4.78 is 12.0. The summed E-state index contributed by atoms with van der Waals surface area (Å²) >= 11 is 0. The highest BCUT2D eigenvalue weighted by atomic mass is 16.5. The van der Waals surface area contributed by atoms with E-state index in [-0.39, 0.29) is 18.1 Å². The standard InChI is InChI=1S/C27H27NO4/c1-18(2)28-16-21(29)17-31-22-13-14-23-24(15-22)32-27(20-11-7-4-8-12-20)25(26(23)30)19-9-5-3-6-10-19/h3-15,18,21,28-29H,16-17H2,1-2H3. The second kappa shape index (κ2) is 9.81. The number of hydrogen-bond donors (Lipinski definition) is 2. The number of aliphatic hydroxyl groups is 1. The average molecular weight is 430 g/mol. The van der Waals surface area contributed by atoms with Crippen molar-refractivity contribution in [3.63, 3.8) is 0 Å². The average Bonchev–Trinajstić information content (AvgIpc) is 2.82. The van der Waals surface area contributed by atoms with E-state index in [4.69, 9.17) is 9.15 Å². The molecule has 0 amide bonds. The number of fused-ring (bicyclic) bond motifs is 1. The van der Waals surface area contributed by atoms with Gasteiger partial charge in [0.1, 0.15) is 29.8 Å². The first-order valence-electron chi connectivity index (χ1n) is 10.8. The number of aliphatic hydroxyl groups excluding tert-OH is 1. The van der Waals surface area contributed by atoms with Gasteiger partial charge in [-0.2, -0.15) is 0 Å². The van der Waals surface area contributed by atoms with E-state index in [1.54, 1.807) is 18.2 Å². The molecule has 0 aliphatic carbocycles. The fourth-order valence-corrected chi connectivity index (χ4v) is 3.55. The number of ether oxygens (including phenoxy) is 1. The molecule has 0 radical (unpaired) electrons. The second-order valence-corrected chi connectivity index (χ2v) is 8.05. The smallest absolute Gasteiger partial charge is 0.201 e. The summed E-state index contributed by atoms with van der Waals surface area (Å²) in [6.07, 6.45) is -0.638. The van der Waals surface area contributed by atoms with E-state index in [9.17, 15) is 9.90 Å². The first-order chi connectivity index (χ1) is 15.5. The Morgan fingerprint density at radius 3 is 2.25 bits per heavy atom. The first-order valence-corrected chi connectivity index (χ1v) is 10.8. The third-order valence-electron chi connectivity index (χ3n) is 5.17. The van der Waals surface area contributed by atoms with Crippen molar-refractivity contribution >= 4 is 11.0 Å². The Morgan fingerprint density at radius 2 is 1.59 bits per heavy atom. The van der Waals surface area contributed by atoms with Crippen LogP contribution in [0.25, 0.3) is 33.4 Å². The molecule has 164 valence electrons. The van der Waals surface area contributed by atoms with Crippen molar-refractivity contribution in [2.24, 2.45) is 0 Å². The highest BCUT2D eigenvalue weighted by molar-refractivity contribution is 5.89. The molecule has 1 aromatic heterocycles. The molecule has 3 aromatic carbocycles. The van der Waals surface area contributed by atoms with E-state index in [2.05, 4.69) is 5.32 Å². The molecule has 5 nitrogen and oxygen atoms in total. The molecule has 4 aromatic rings. The van der Waals surface area contributed by atoms with Crippen molar-refractivity contribution in [2.75, 3.05) is 13.2 Å². The number of nitrogens with one attached hydrogen (secondary N) is 1. The van der Waals surface area contributed by atoms with Crippen molar-refractivity contribution in [2.45, 2.75) is 26.0 Å². The Labute approximate surface area is 187 Å². The molecule has 0 spiro atoms. The van der Waals surface area contributed by atoms with Gasteiger partial charge in [-0.3, -0.25) is 4.79 Å².